The van der Waals surface area contributed by atoms with Crippen LogP contribution in [0.15, 0.2) is 54.6 Å². The number of alkyl halides is 6. The van der Waals surface area contributed by atoms with Crippen molar-refractivity contribution >= 4 is 37.6 Å². The SMILES string of the molecule is COCCN(C(=O)C(F)(F)F)c1ccc2c(c1)Oc1cc(N(CCOC)C(=O)C(F)(F)F)ccc1C2(OCO)c1cc(C(=O)NCCCCCCOP(OCCC#N)N(C(C)C)C(C)C)ccc1C. The van der Waals surface area contributed by atoms with Gasteiger partial charge in [-0.15, -0.1) is 0 Å². The van der Waals surface area contributed by atoms with E-state index in [1.54, 1.807) is 19.1 Å². The zero-order valence-corrected chi connectivity index (χ0v) is 40.6. The van der Waals surface area contributed by atoms with Gasteiger partial charge in [0, 0.05) is 86.1 Å². The molecule has 3 aromatic rings. The first-order valence-corrected chi connectivity index (χ1v) is 23.4. The van der Waals surface area contributed by atoms with Crippen molar-refractivity contribution in [2.45, 2.75) is 96.8 Å². The summed E-state index contributed by atoms with van der Waals surface area (Å²) in [6.45, 7) is 8.25. The number of rotatable bonds is 26. The lowest BCUT2D eigenvalue weighted by Crippen LogP contribution is -2.43. The maximum absolute atomic E-state index is 13.9. The van der Waals surface area contributed by atoms with Crippen molar-refractivity contribution in [3.05, 3.63) is 82.4 Å². The van der Waals surface area contributed by atoms with Crippen LogP contribution in [-0.4, -0.2) is 119 Å². The lowest BCUT2D eigenvalue weighted by Gasteiger charge is -2.41. The van der Waals surface area contributed by atoms with Crippen molar-refractivity contribution in [2.24, 2.45) is 0 Å². The minimum absolute atomic E-state index is 0.0846. The molecule has 380 valence electrons. The second kappa shape index (κ2) is 25.8. The van der Waals surface area contributed by atoms with Crippen molar-refractivity contribution in [3.63, 3.8) is 0 Å². The highest BCUT2D eigenvalue weighted by molar-refractivity contribution is 7.44. The topological polar surface area (TPSA) is 172 Å². The number of carbonyl (C=O) groups is 3. The van der Waals surface area contributed by atoms with Crippen LogP contribution in [0.3, 0.4) is 0 Å². The molecule has 0 aromatic heterocycles. The number of nitrogens with one attached hydrogen (secondary N) is 1. The van der Waals surface area contributed by atoms with Gasteiger partial charge in [0.25, 0.3) is 14.4 Å². The van der Waals surface area contributed by atoms with Gasteiger partial charge in [-0.25, -0.2) is 4.67 Å². The number of fused-ring (bicyclic) bond motifs is 2. The first-order chi connectivity index (χ1) is 32.7. The van der Waals surface area contributed by atoms with Gasteiger partial charge in [-0.2, -0.15) is 31.6 Å². The van der Waals surface area contributed by atoms with Gasteiger partial charge < -0.3 is 48.2 Å². The number of carbonyl (C=O) groups excluding carboxylic acids is 3. The number of methoxy groups -OCH3 is 2. The van der Waals surface area contributed by atoms with Gasteiger partial charge in [-0.3, -0.25) is 14.4 Å². The Morgan fingerprint density at radius 1 is 0.754 bits per heavy atom. The van der Waals surface area contributed by atoms with Crippen LogP contribution in [-0.2, 0) is 38.4 Å². The maximum atomic E-state index is 13.9. The van der Waals surface area contributed by atoms with E-state index in [0.717, 1.165) is 31.4 Å². The van der Waals surface area contributed by atoms with Crippen molar-refractivity contribution in [1.82, 2.24) is 9.99 Å². The first-order valence-electron chi connectivity index (χ1n) is 22.2. The van der Waals surface area contributed by atoms with E-state index in [2.05, 4.69) is 43.8 Å². The summed E-state index contributed by atoms with van der Waals surface area (Å²) in [5.41, 5.74) is -1.51. The molecule has 15 nitrogen and oxygen atoms in total. The second-order valence-electron chi connectivity index (χ2n) is 16.4. The van der Waals surface area contributed by atoms with Crippen LogP contribution in [0.4, 0.5) is 37.7 Å². The number of aliphatic hydroxyl groups excluding tert-OH is 1. The molecule has 3 amide bonds. The zero-order chi connectivity index (χ0) is 51.1. The Hall–Kier alpha value is -4.91. The molecule has 2 N–H and O–H groups in total. The number of unbranched alkanes of at least 4 members (excludes halogenated alkanes) is 3. The number of aliphatic hydroxyl groups is 1. The van der Waals surface area contributed by atoms with Crippen LogP contribution in [0.25, 0.3) is 0 Å². The van der Waals surface area contributed by atoms with Gasteiger partial charge in [0.05, 0.1) is 38.9 Å². The fourth-order valence-electron chi connectivity index (χ4n) is 7.84. The van der Waals surface area contributed by atoms with Crippen LogP contribution < -0.4 is 19.9 Å². The van der Waals surface area contributed by atoms with Crippen LogP contribution in [0.2, 0.25) is 0 Å². The number of benzene rings is 3. The summed E-state index contributed by atoms with van der Waals surface area (Å²) < 4.78 is 120. The summed E-state index contributed by atoms with van der Waals surface area (Å²) in [5, 5.41) is 22.5. The highest BCUT2D eigenvalue weighted by Gasteiger charge is 2.49. The summed E-state index contributed by atoms with van der Waals surface area (Å²) in [6, 6.07) is 14.4. The average Bonchev–Trinajstić information content (AvgIpc) is 3.28. The molecule has 1 aliphatic heterocycles. The summed E-state index contributed by atoms with van der Waals surface area (Å²) >= 11 is 0. The number of ether oxygens (including phenoxy) is 4. The van der Waals surface area contributed by atoms with Crippen LogP contribution >= 0.6 is 8.53 Å². The summed E-state index contributed by atoms with van der Waals surface area (Å²) in [7, 11) is 1.11. The van der Waals surface area contributed by atoms with E-state index < -0.39 is 64.1 Å². The van der Waals surface area contributed by atoms with Crippen molar-refractivity contribution < 1.29 is 73.8 Å². The number of nitriles is 1. The molecule has 3 aromatic carbocycles. The predicted molar refractivity (Wildman–Crippen MR) is 245 cm³/mol. The van der Waals surface area contributed by atoms with Crippen molar-refractivity contribution in [2.75, 3.05) is 76.9 Å². The third-order valence-electron chi connectivity index (χ3n) is 10.9. The minimum atomic E-state index is -5.30. The number of aryl methyl sites for hydroxylation is 1. The fourth-order valence-corrected chi connectivity index (χ4v) is 9.47. The Morgan fingerprint density at radius 2 is 1.28 bits per heavy atom. The molecule has 4 rings (SSSR count). The van der Waals surface area contributed by atoms with E-state index in [1.807, 2.05) is 0 Å². The molecular weight excluding hydrogens is 940 g/mol. The number of amides is 3. The van der Waals surface area contributed by atoms with Crippen LogP contribution in [0.5, 0.6) is 11.5 Å². The standard InChI is InChI=1S/C47H60F6N5O10P/c1-31(2)58(32(3)4)69(67-24-12-19-54)66-23-11-9-8-10-20-55-42(60)34-14-13-33(5)39(27-34)45(65-30-59)37-17-15-35(56(21-25-63-6)43(61)46(48,49)50)28-40(37)68-41-29-36(16-18-38(41)45)57(22-26-64-7)44(62)47(51,52)53/h13-18,27-29,31-32,59H,8-12,20-26,30H2,1-7H3,(H,55,60). The molecule has 0 aliphatic carbocycles. The number of halogens is 6. The third-order valence-corrected chi connectivity index (χ3v) is 13.0. The molecular formula is C47H60F6N5O10P. The summed E-state index contributed by atoms with van der Waals surface area (Å²) in [6.07, 6.45) is -7.44. The maximum Gasteiger partial charge on any atom is 0.471 e. The second-order valence-corrected chi connectivity index (χ2v) is 17.8. The van der Waals surface area contributed by atoms with Gasteiger partial charge in [0.1, 0.15) is 18.3 Å². The van der Waals surface area contributed by atoms with Gasteiger partial charge in [0.2, 0.25) is 0 Å². The largest absolute Gasteiger partial charge is 0.471 e. The fraction of sp³-hybridized carbons (Fsp3) is 0.532. The van der Waals surface area contributed by atoms with E-state index in [4.69, 9.17) is 33.3 Å². The van der Waals surface area contributed by atoms with Gasteiger partial charge in [-0.1, -0.05) is 18.9 Å². The molecule has 1 atom stereocenters. The van der Waals surface area contributed by atoms with E-state index in [1.165, 1.54) is 44.6 Å². The molecule has 0 saturated carbocycles. The van der Waals surface area contributed by atoms with E-state index >= 15 is 0 Å². The van der Waals surface area contributed by atoms with Crippen molar-refractivity contribution in [1.29, 1.82) is 5.26 Å². The lowest BCUT2D eigenvalue weighted by molar-refractivity contribution is -0.170. The van der Waals surface area contributed by atoms with E-state index in [0.29, 0.717) is 34.9 Å². The highest BCUT2D eigenvalue weighted by Crippen LogP contribution is 2.55. The number of nitrogens with zero attached hydrogens (tertiary/aromatic N) is 4. The Labute approximate surface area is 399 Å². The number of hydrogen-bond acceptors (Lipinski definition) is 12. The third kappa shape index (κ3) is 14.4. The first kappa shape index (κ1) is 56.7. The Bertz CT molecular complexity index is 2150. The quantitative estimate of drug-likeness (QED) is 0.0339. The molecule has 1 heterocycles. The smallest absolute Gasteiger partial charge is 0.456 e. The Morgan fingerprint density at radius 3 is 1.75 bits per heavy atom. The van der Waals surface area contributed by atoms with E-state index in [9.17, 15) is 45.8 Å². The summed E-state index contributed by atoms with van der Waals surface area (Å²) in [4.78, 5) is 40.0. The minimum Gasteiger partial charge on any atom is -0.456 e. The number of anilines is 2. The van der Waals surface area contributed by atoms with E-state index in [-0.39, 0.29) is 83.5 Å². The molecule has 0 spiro atoms. The lowest BCUT2D eigenvalue weighted by atomic mass is 9.75. The molecule has 0 saturated heterocycles. The molecule has 0 fully saturated rings. The monoisotopic (exact) mass is 999 g/mol. The van der Waals surface area contributed by atoms with Gasteiger partial charge in [0.15, 0.2) is 5.60 Å². The Balaban J connectivity index is 1.69. The van der Waals surface area contributed by atoms with Crippen LogP contribution in [0, 0.1) is 18.3 Å². The molecule has 1 unspecified atom stereocenters. The molecule has 69 heavy (non-hydrogen) atoms. The molecule has 22 heteroatoms. The molecule has 1 aliphatic rings. The zero-order valence-electron chi connectivity index (χ0n) is 39.7. The summed E-state index contributed by atoms with van der Waals surface area (Å²) in [5.74, 6) is -5.37. The highest BCUT2D eigenvalue weighted by atomic mass is 31.2. The Kier molecular flexibility index (Phi) is 21.2. The normalized spacial score (nSPS) is 13.7. The average molecular weight is 1000 g/mol. The number of hydrogen-bond donors (Lipinski definition) is 2. The molecule has 0 radical (unpaired) electrons. The van der Waals surface area contributed by atoms with Gasteiger partial charge >= 0.3 is 24.2 Å². The van der Waals surface area contributed by atoms with Crippen molar-refractivity contribution in [3.8, 4) is 17.6 Å². The van der Waals surface area contributed by atoms with Crippen LogP contribution in [0.1, 0.15) is 92.4 Å². The predicted octanol–water partition coefficient (Wildman–Crippen LogP) is 9.03. The molecule has 0 bridgehead atoms. The van der Waals surface area contributed by atoms with Gasteiger partial charge in [-0.05, 0) is 95.0 Å².